The normalized spacial score (nSPS) is 12.4. The number of hydrogen-bond donors (Lipinski definition) is 0. The first kappa shape index (κ1) is 13.9. The van der Waals surface area contributed by atoms with E-state index in [1.54, 1.807) is 6.07 Å². The van der Waals surface area contributed by atoms with E-state index < -0.39 is 0 Å². The third kappa shape index (κ3) is 3.25. The summed E-state index contributed by atoms with van der Waals surface area (Å²) in [6, 6.07) is 12.4. The first-order chi connectivity index (χ1) is 8.58. The SMILES string of the molecule is Fc1cccc(C(Cl)Cc2ccc(Cl)cc2)c1Br. The molecular weight excluding hydrogens is 338 g/mol. The van der Waals surface area contributed by atoms with Gasteiger partial charge >= 0.3 is 0 Å². The molecule has 1 unspecified atom stereocenters. The summed E-state index contributed by atoms with van der Waals surface area (Å²) in [6.45, 7) is 0. The van der Waals surface area contributed by atoms with Crippen molar-refractivity contribution in [3.05, 3.63) is 68.9 Å². The fourth-order valence-electron chi connectivity index (χ4n) is 1.70. The molecule has 94 valence electrons. The minimum Gasteiger partial charge on any atom is -0.206 e. The topological polar surface area (TPSA) is 0 Å². The molecule has 2 rings (SSSR count). The van der Waals surface area contributed by atoms with Crippen molar-refractivity contribution in [1.29, 1.82) is 0 Å². The lowest BCUT2D eigenvalue weighted by Crippen LogP contribution is -1.98. The number of benzene rings is 2. The number of halogens is 4. The van der Waals surface area contributed by atoms with E-state index in [1.165, 1.54) is 6.07 Å². The smallest absolute Gasteiger partial charge is 0.137 e. The van der Waals surface area contributed by atoms with Gasteiger partial charge in [-0.15, -0.1) is 11.6 Å². The van der Waals surface area contributed by atoms with Crippen molar-refractivity contribution in [2.45, 2.75) is 11.8 Å². The molecule has 2 aromatic rings. The summed E-state index contributed by atoms with van der Waals surface area (Å²) in [5.74, 6) is -0.297. The number of alkyl halides is 1. The Kier molecular flexibility index (Phi) is 4.66. The van der Waals surface area contributed by atoms with Gasteiger partial charge in [-0.05, 0) is 51.7 Å². The summed E-state index contributed by atoms with van der Waals surface area (Å²) in [5.41, 5.74) is 1.82. The van der Waals surface area contributed by atoms with Gasteiger partial charge in [-0.3, -0.25) is 0 Å². The van der Waals surface area contributed by atoms with Gasteiger partial charge in [0.1, 0.15) is 5.82 Å². The molecule has 0 aliphatic carbocycles. The minimum absolute atomic E-state index is 0.281. The molecule has 0 spiro atoms. The van der Waals surface area contributed by atoms with Gasteiger partial charge in [-0.2, -0.15) is 0 Å². The second-order valence-electron chi connectivity index (χ2n) is 3.94. The molecule has 0 nitrogen and oxygen atoms in total. The molecule has 2 aromatic carbocycles. The van der Waals surface area contributed by atoms with E-state index in [0.717, 1.165) is 11.1 Å². The number of rotatable bonds is 3. The van der Waals surface area contributed by atoms with E-state index in [2.05, 4.69) is 15.9 Å². The molecule has 0 heterocycles. The maximum atomic E-state index is 13.4. The average molecular weight is 348 g/mol. The Morgan fingerprint density at radius 2 is 1.78 bits per heavy atom. The standard InChI is InChI=1S/C14H10BrCl2F/c15-14-11(2-1-3-13(14)18)12(17)8-9-4-6-10(16)7-5-9/h1-7,12H,8H2. The first-order valence-electron chi connectivity index (χ1n) is 5.40. The van der Waals surface area contributed by atoms with Crippen molar-refractivity contribution < 1.29 is 4.39 Å². The quantitative estimate of drug-likeness (QED) is 0.619. The van der Waals surface area contributed by atoms with Crippen LogP contribution in [-0.4, -0.2) is 0 Å². The Bertz CT molecular complexity index is 540. The summed E-state index contributed by atoms with van der Waals surface area (Å²) < 4.78 is 13.8. The van der Waals surface area contributed by atoms with Gasteiger partial charge in [0.05, 0.1) is 9.85 Å². The summed E-state index contributed by atoms with van der Waals surface area (Å²) >= 11 is 15.4. The summed E-state index contributed by atoms with van der Waals surface area (Å²) in [4.78, 5) is 0. The van der Waals surface area contributed by atoms with E-state index in [1.807, 2.05) is 30.3 Å². The molecule has 4 heteroatoms. The van der Waals surface area contributed by atoms with Crippen molar-refractivity contribution in [2.24, 2.45) is 0 Å². The zero-order chi connectivity index (χ0) is 13.1. The minimum atomic E-state index is -0.297. The van der Waals surface area contributed by atoms with Crippen molar-refractivity contribution >= 4 is 39.1 Å². The van der Waals surface area contributed by atoms with Crippen molar-refractivity contribution in [2.75, 3.05) is 0 Å². The van der Waals surface area contributed by atoms with Crippen LogP contribution in [0.15, 0.2) is 46.9 Å². The highest BCUT2D eigenvalue weighted by Crippen LogP contribution is 2.32. The number of hydrogen-bond acceptors (Lipinski definition) is 0. The predicted molar refractivity (Wildman–Crippen MR) is 77.9 cm³/mol. The average Bonchev–Trinajstić information content (AvgIpc) is 2.35. The van der Waals surface area contributed by atoms with Crippen LogP contribution in [0.4, 0.5) is 4.39 Å². The first-order valence-corrected chi connectivity index (χ1v) is 7.01. The summed E-state index contributed by atoms with van der Waals surface area (Å²) in [6.07, 6.45) is 0.626. The lowest BCUT2D eigenvalue weighted by atomic mass is 10.0. The molecule has 0 aromatic heterocycles. The molecule has 0 radical (unpaired) electrons. The molecule has 0 N–H and O–H groups in total. The van der Waals surface area contributed by atoms with Crippen LogP contribution in [0, 0.1) is 5.82 Å². The maximum absolute atomic E-state index is 13.4. The summed E-state index contributed by atoms with van der Waals surface area (Å²) in [7, 11) is 0. The Morgan fingerprint density at radius 1 is 1.11 bits per heavy atom. The van der Waals surface area contributed by atoms with E-state index in [9.17, 15) is 4.39 Å². The Labute approximate surface area is 124 Å². The van der Waals surface area contributed by atoms with Crippen molar-refractivity contribution in [3.8, 4) is 0 Å². The molecule has 0 aliphatic rings. The van der Waals surface area contributed by atoms with Crippen molar-refractivity contribution in [1.82, 2.24) is 0 Å². The van der Waals surface area contributed by atoms with Crippen LogP contribution in [-0.2, 0) is 6.42 Å². The Morgan fingerprint density at radius 3 is 2.44 bits per heavy atom. The molecule has 0 aliphatic heterocycles. The van der Waals surface area contributed by atoms with Crippen LogP contribution >= 0.6 is 39.1 Å². The van der Waals surface area contributed by atoms with E-state index in [-0.39, 0.29) is 11.2 Å². The second kappa shape index (κ2) is 6.05. The van der Waals surface area contributed by atoms with Gasteiger partial charge in [0.2, 0.25) is 0 Å². The lowest BCUT2D eigenvalue weighted by molar-refractivity contribution is 0.617. The molecular formula is C14H10BrCl2F. The van der Waals surface area contributed by atoms with E-state index in [0.29, 0.717) is 15.9 Å². The van der Waals surface area contributed by atoms with Crippen LogP contribution in [0.3, 0.4) is 0 Å². The highest BCUT2D eigenvalue weighted by Gasteiger charge is 2.14. The molecule has 0 bridgehead atoms. The van der Waals surface area contributed by atoms with E-state index in [4.69, 9.17) is 23.2 Å². The zero-order valence-corrected chi connectivity index (χ0v) is 12.4. The highest BCUT2D eigenvalue weighted by atomic mass is 79.9. The molecule has 0 saturated carbocycles. The Hall–Kier alpha value is -0.570. The van der Waals surface area contributed by atoms with Gasteiger partial charge in [0.15, 0.2) is 0 Å². The maximum Gasteiger partial charge on any atom is 0.137 e. The fourth-order valence-corrected chi connectivity index (χ4v) is 2.86. The van der Waals surface area contributed by atoms with Crippen LogP contribution < -0.4 is 0 Å². The van der Waals surface area contributed by atoms with Gasteiger partial charge in [0.25, 0.3) is 0 Å². The fraction of sp³-hybridized carbons (Fsp3) is 0.143. The van der Waals surface area contributed by atoms with Crippen LogP contribution in [0.1, 0.15) is 16.5 Å². The predicted octanol–water partition coefficient (Wildman–Crippen LogP) is 5.76. The lowest BCUT2D eigenvalue weighted by Gasteiger charge is -2.12. The highest BCUT2D eigenvalue weighted by molar-refractivity contribution is 9.10. The monoisotopic (exact) mass is 346 g/mol. The molecule has 1 atom stereocenters. The van der Waals surface area contributed by atoms with Gasteiger partial charge in [-0.25, -0.2) is 4.39 Å². The third-order valence-electron chi connectivity index (χ3n) is 2.65. The van der Waals surface area contributed by atoms with Crippen LogP contribution in [0.5, 0.6) is 0 Å². The second-order valence-corrected chi connectivity index (χ2v) is 5.70. The van der Waals surface area contributed by atoms with Gasteiger partial charge in [0, 0.05) is 5.02 Å². The molecule has 18 heavy (non-hydrogen) atoms. The zero-order valence-electron chi connectivity index (χ0n) is 9.34. The van der Waals surface area contributed by atoms with Gasteiger partial charge < -0.3 is 0 Å². The Balaban J connectivity index is 2.19. The molecule has 0 amide bonds. The van der Waals surface area contributed by atoms with E-state index >= 15 is 0 Å². The molecule has 0 saturated heterocycles. The summed E-state index contributed by atoms with van der Waals surface area (Å²) in [5, 5.41) is 0.410. The van der Waals surface area contributed by atoms with Crippen LogP contribution in [0.2, 0.25) is 5.02 Å². The molecule has 0 fully saturated rings. The van der Waals surface area contributed by atoms with Crippen molar-refractivity contribution in [3.63, 3.8) is 0 Å². The third-order valence-corrected chi connectivity index (χ3v) is 4.13. The van der Waals surface area contributed by atoms with Crippen LogP contribution in [0.25, 0.3) is 0 Å². The van der Waals surface area contributed by atoms with Gasteiger partial charge in [-0.1, -0.05) is 35.9 Å². The largest absolute Gasteiger partial charge is 0.206 e.